The van der Waals surface area contributed by atoms with E-state index in [2.05, 4.69) is 10.3 Å². The number of carbonyl (C=O) groups is 1. The van der Waals surface area contributed by atoms with Gasteiger partial charge in [0.2, 0.25) is 0 Å². The third-order valence-corrected chi connectivity index (χ3v) is 3.44. The summed E-state index contributed by atoms with van der Waals surface area (Å²) < 4.78 is 0. The van der Waals surface area contributed by atoms with Gasteiger partial charge in [0.05, 0.1) is 5.69 Å². The largest absolute Gasteiger partial charge is 0.476 e. The molecule has 0 aromatic carbocycles. The number of hydrogen-bond acceptors (Lipinski definition) is 4. The SMILES string of the molecule is Cc1ccsc1CNc1cccnc1C(=O)O. The van der Waals surface area contributed by atoms with Crippen molar-refractivity contribution in [2.45, 2.75) is 13.5 Å². The Balaban J connectivity index is 2.14. The first-order valence-electron chi connectivity index (χ1n) is 5.13. The van der Waals surface area contributed by atoms with Crippen LogP contribution in [0.1, 0.15) is 20.9 Å². The number of aromatic nitrogens is 1. The van der Waals surface area contributed by atoms with E-state index in [4.69, 9.17) is 5.11 Å². The van der Waals surface area contributed by atoms with Crippen LogP contribution in [-0.4, -0.2) is 16.1 Å². The Morgan fingerprint density at radius 3 is 3.00 bits per heavy atom. The maximum Gasteiger partial charge on any atom is 0.356 e. The molecule has 0 saturated carbocycles. The predicted octanol–water partition coefficient (Wildman–Crippen LogP) is 2.76. The van der Waals surface area contributed by atoms with Crippen molar-refractivity contribution >= 4 is 23.0 Å². The number of anilines is 1. The first kappa shape index (κ1) is 11.6. The molecule has 0 fully saturated rings. The zero-order valence-corrected chi connectivity index (χ0v) is 10.1. The molecule has 5 heteroatoms. The summed E-state index contributed by atoms with van der Waals surface area (Å²) in [5.74, 6) is -1.02. The maximum absolute atomic E-state index is 11.0. The molecule has 0 saturated heterocycles. The summed E-state index contributed by atoms with van der Waals surface area (Å²) in [6.45, 7) is 2.66. The van der Waals surface area contributed by atoms with Gasteiger partial charge >= 0.3 is 5.97 Å². The van der Waals surface area contributed by atoms with Gasteiger partial charge in [0.15, 0.2) is 5.69 Å². The van der Waals surface area contributed by atoms with Crippen LogP contribution in [0.2, 0.25) is 0 Å². The van der Waals surface area contributed by atoms with Crippen molar-refractivity contribution in [3.8, 4) is 0 Å². The van der Waals surface area contributed by atoms with Gasteiger partial charge in [0, 0.05) is 17.6 Å². The van der Waals surface area contributed by atoms with Crippen LogP contribution in [0.3, 0.4) is 0 Å². The molecular weight excluding hydrogens is 236 g/mol. The van der Waals surface area contributed by atoms with Gasteiger partial charge in [-0.2, -0.15) is 0 Å². The van der Waals surface area contributed by atoms with Gasteiger partial charge < -0.3 is 10.4 Å². The van der Waals surface area contributed by atoms with Crippen LogP contribution < -0.4 is 5.32 Å². The monoisotopic (exact) mass is 248 g/mol. The number of hydrogen-bond donors (Lipinski definition) is 2. The molecule has 0 atom stereocenters. The van der Waals surface area contributed by atoms with E-state index in [-0.39, 0.29) is 5.69 Å². The quantitative estimate of drug-likeness (QED) is 0.873. The van der Waals surface area contributed by atoms with Crippen molar-refractivity contribution < 1.29 is 9.90 Å². The minimum atomic E-state index is -1.02. The van der Waals surface area contributed by atoms with E-state index in [0.717, 1.165) is 0 Å². The fourth-order valence-electron chi connectivity index (χ4n) is 1.48. The average molecular weight is 248 g/mol. The standard InChI is InChI=1S/C12H12N2O2S/c1-8-4-6-17-10(8)7-14-9-3-2-5-13-11(9)12(15)16/h2-6,14H,7H2,1H3,(H,15,16). The topological polar surface area (TPSA) is 62.2 Å². The second-order valence-electron chi connectivity index (χ2n) is 3.59. The number of pyridine rings is 1. The summed E-state index contributed by atoms with van der Waals surface area (Å²) >= 11 is 1.65. The minimum Gasteiger partial charge on any atom is -0.476 e. The Morgan fingerprint density at radius 1 is 1.53 bits per heavy atom. The number of thiophene rings is 1. The lowest BCUT2D eigenvalue weighted by Crippen LogP contribution is -2.07. The lowest BCUT2D eigenvalue weighted by atomic mass is 10.2. The molecule has 0 aliphatic carbocycles. The number of aryl methyl sites for hydroxylation is 1. The molecule has 0 spiro atoms. The normalized spacial score (nSPS) is 10.2. The van der Waals surface area contributed by atoms with Crippen LogP contribution in [0.5, 0.6) is 0 Å². The van der Waals surface area contributed by atoms with Crippen molar-refractivity contribution in [2.24, 2.45) is 0 Å². The number of carboxylic acids is 1. The molecule has 0 aliphatic rings. The fourth-order valence-corrected chi connectivity index (χ4v) is 2.32. The molecule has 2 rings (SSSR count). The third kappa shape index (κ3) is 2.62. The van der Waals surface area contributed by atoms with E-state index < -0.39 is 5.97 Å². The first-order valence-corrected chi connectivity index (χ1v) is 6.01. The van der Waals surface area contributed by atoms with Crippen molar-refractivity contribution in [3.05, 3.63) is 45.9 Å². The van der Waals surface area contributed by atoms with Gasteiger partial charge in [0.25, 0.3) is 0 Å². The van der Waals surface area contributed by atoms with Crippen molar-refractivity contribution in [3.63, 3.8) is 0 Å². The molecule has 2 aromatic rings. The Bertz CT molecular complexity index is 537. The predicted molar refractivity (Wildman–Crippen MR) is 67.6 cm³/mol. The van der Waals surface area contributed by atoms with Gasteiger partial charge in [-0.3, -0.25) is 0 Å². The van der Waals surface area contributed by atoms with Crippen LogP contribution in [-0.2, 0) is 6.54 Å². The highest BCUT2D eigenvalue weighted by atomic mass is 32.1. The van der Waals surface area contributed by atoms with Crippen LogP contribution in [0.15, 0.2) is 29.8 Å². The highest BCUT2D eigenvalue weighted by Crippen LogP contribution is 2.19. The summed E-state index contributed by atoms with van der Waals surface area (Å²) in [5.41, 5.74) is 1.82. The zero-order valence-electron chi connectivity index (χ0n) is 9.30. The Kier molecular flexibility index (Phi) is 3.39. The van der Waals surface area contributed by atoms with Gasteiger partial charge in [-0.1, -0.05) is 0 Å². The fraction of sp³-hybridized carbons (Fsp3) is 0.167. The second-order valence-corrected chi connectivity index (χ2v) is 4.59. The summed E-state index contributed by atoms with van der Waals surface area (Å²) in [6.07, 6.45) is 1.48. The summed E-state index contributed by atoms with van der Waals surface area (Å²) in [7, 11) is 0. The molecule has 88 valence electrons. The number of carboxylic acid groups (broad SMARTS) is 1. The van der Waals surface area contributed by atoms with Gasteiger partial charge in [0.1, 0.15) is 0 Å². The molecular formula is C12H12N2O2S. The van der Waals surface area contributed by atoms with E-state index >= 15 is 0 Å². The van der Waals surface area contributed by atoms with E-state index in [9.17, 15) is 4.79 Å². The van der Waals surface area contributed by atoms with Crippen LogP contribution in [0.25, 0.3) is 0 Å². The lowest BCUT2D eigenvalue weighted by molar-refractivity contribution is 0.0691. The van der Waals surface area contributed by atoms with E-state index in [1.54, 1.807) is 23.5 Å². The summed E-state index contributed by atoms with van der Waals surface area (Å²) in [4.78, 5) is 16.0. The number of nitrogens with zero attached hydrogens (tertiary/aromatic N) is 1. The summed E-state index contributed by atoms with van der Waals surface area (Å²) in [5, 5.41) is 14.1. The lowest BCUT2D eigenvalue weighted by Gasteiger charge is -2.07. The van der Waals surface area contributed by atoms with E-state index in [1.165, 1.54) is 16.6 Å². The highest BCUT2D eigenvalue weighted by molar-refractivity contribution is 7.10. The van der Waals surface area contributed by atoms with Crippen LogP contribution in [0, 0.1) is 6.92 Å². The van der Waals surface area contributed by atoms with Crippen molar-refractivity contribution in [1.29, 1.82) is 0 Å². The maximum atomic E-state index is 11.0. The first-order chi connectivity index (χ1) is 8.18. The number of aromatic carboxylic acids is 1. The van der Waals surface area contributed by atoms with E-state index in [0.29, 0.717) is 12.2 Å². The smallest absolute Gasteiger partial charge is 0.356 e. The molecule has 17 heavy (non-hydrogen) atoms. The molecule has 2 N–H and O–H groups in total. The summed E-state index contributed by atoms with van der Waals surface area (Å²) in [6, 6.07) is 5.48. The van der Waals surface area contributed by atoms with Gasteiger partial charge in [-0.25, -0.2) is 9.78 Å². The molecule has 0 amide bonds. The molecule has 0 radical (unpaired) electrons. The molecule has 2 aromatic heterocycles. The molecule has 0 unspecified atom stereocenters. The van der Waals surface area contributed by atoms with Crippen LogP contribution >= 0.6 is 11.3 Å². The number of nitrogens with one attached hydrogen (secondary N) is 1. The van der Waals surface area contributed by atoms with Crippen LogP contribution in [0.4, 0.5) is 5.69 Å². The Labute approximate surface area is 103 Å². The Morgan fingerprint density at radius 2 is 2.35 bits per heavy atom. The molecule has 0 bridgehead atoms. The molecule has 0 aliphatic heterocycles. The van der Waals surface area contributed by atoms with Gasteiger partial charge in [-0.15, -0.1) is 11.3 Å². The minimum absolute atomic E-state index is 0.0571. The average Bonchev–Trinajstić information content (AvgIpc) is 2.72. The van der Waals surface area contributed by atoms with Gasteiger partial charge in [-0.05, 0) is 36.1 Å². The third-order valence-electron chi connectivity index (χ3n) is 2.42. The second kappa shape index (κ2) is 4.97. The zero-order chi connectivity index (χ0) is 12.3. The van der Waals surface area contributed by atoms with Crippen molar-refractivity contribution in [1.82, 2.24) is 4.98 Å². The van der Waals surface area contributed by atoms with E-state index in [1.807, 2.05) is 18.4 Å². The molecule has 2 heterocycles. The molecule has 4 nitrogen and oxygen atoms in total. The number of rotatable bonds is 4. The highest BCUT2D eigenvalue weighted by Gasteiger charge is 2.10. The Hall–Kier alpha value is -1.88. The van der Waals surface area contributed by atoms with Crippen molar-refractivity contribution in [2.75, 3.05) is 5.32 Å².